The maximum Gasteiger partial charge on any atom is 0.327 e. The number of urea groups is 1. The van der Waals surface area contributed by atoms with Gasteiger partial charge in [-0.2, -0.15) is 0 Å². The predicted octanol–water partition coefficient (Wildman–Crippen LogP) is -1.61. The van der Waals surface area contributed by atoms with Gasteiger partial charge in [-0.15, -0.1) is 0 Å². The number of nitrogens with one attached hydrogen (secondary N) is 2. The molecule has 2 heterocycles. The number of carbonyl (C=O) groups is 2. The lowest BCUT2D eigenvalue weighted by atomic mass is 10.1. The minimum absolute atomic E-state index is 0.0456. The molecule has 2 saturated heterocycles. The van der Waals surface area contributed by atoms with E-state index in [0.717, 1.165) is 4.90 Å². The van der Waals surface area contributed by atoms with E-state index in [1.165, 1.54) is 7.05 Å². The molecular weight excluding hydrogens is 222 g/mol. The largest absolute Gasteiger partial charge is 0.327 e. The third kappa shape index (κ3) is 1.80. The number of hydrogen-bond acceptors (Lipinski definition) is 4. The summed E-state index contributed by atoms with van der Waals surface area (Å²) in [5.74, 6) is -0.179. The molecule has 2 N–H and O–H groups in total. The normalized spacial score (nSPS) is 34.3. The third-order valence-corrected chi connectivity index (χ3v) is 3.36. The van der Waals surface area contributed by atoms with Crippen LogP contribution in [0.15, 0.2) is 0 Å². The molecule has 0 saturated carbocycles. The number of amides is 3. The van der Waals surface area contributed by atoms with Crippen LogP contribution in [0.3, 0.4) is 0 Å². The summed E-state index contributed by atoms with van der Waals surface area (Å²) in [5.41, 5.74) is 0. The van der Waals surface area contributed by atoms with Crippen LogP contribution in [0, 0.1) is 0 Å². The van der Waals surface area contributed by atoms with Gasteiger partial charge in [0.05, 0.1) is 21.1 Å². The molecule has 0 radical (unpaired) electrons. The number of fused-ring (bicyclic) bond motifs is 1. The number of rotatable bonds is 1. The maximum atomic E-state index is 12.0. The zero-order valence-corrected chi connectivity index (χ0v) is 10.9. The number of nitrogens with zero attached hydrogens (tertiary/aromatic N) is 3. The molecular formula is C10H20N5O2+. The lowest BCUT2D eigenvalue weighted by molar-refractivity contribution is -0.901. The van der Waals surface area contributed by atoms with Gasteiger partial charge in [0.2, 0.25) is 6.29 Å². The summed E-state index contributed by atoms with van der Waals surface area (Å²) < 4.78 is 0.631. The van der Waals surface area contributed by atoms with Crippen molar-refractivity contribution in [2.24, 2.45) is 0 Å². The van der Waals surface area contributed by atoms with Crippen molar-refractivity contribution in [3.05, 3.63) is 0 Å². The van der Waals surface area contributed by atoms with Gasteiger partial charge in [0.1, 0.15) is 12.2 Å². The van der Waals surface area contributed by atoms with Gasteiger partial charge in [-0.25, -0.2) is 15.4 Å². The molecule has 7 nitrogen and oxygen atoms in total. The average molecular weight is 242 g/mol. The zero-order chi connectivity index (χ0) is 13.0. The van der Waals surface area contributed by atoms with Gasteiger partial charge in [0, 0.05) is 14.1 Å². The minimum atomic E-state index is -0.370. The van der Waals surface area contributed by atoms with Crippen molar-refractivity contribution in [3.8, 4) is 0 Å². The van der Waals surface area contributed by atoms with Crippen LogP contribution in [0.4, 0.5) is 4.79 Å². The summed E-state index contributed by atoms with van der Waals surface area (Å²) in [6, 6.07) is -0.641. The Morgan fingerprint density at radius 3 is 2.24 bits per heavy atom. The first-order valence-electron chi connectivity index (χ1n) is 5.61. The van der Waals surface area contributed by atoms with Gasteiger partial charge in [-0.1, -0.05) is 0 Å². The molecule has 0 aromatic heterocycles. The van der Waals surface area contributed by atoms with Gasteiger partial charge in [0.25, 0.3) is 5.91 Å². The minimum Gasteiger partial charge on any atom is -0.309 e. The maximum absolute atomic E-state index is 12.0. The number of hydrogen-bond donors (Lipinski definition) is 2. The Bertz CT molecular complexity index is 364. The van der Waals surface area contributed by atoms with E-state index in [4.69, 9.17) is 0 Å². The van der Waals surface area contributed by atoms with Crippen LogP contribution in [0.25, 0.3) is 0 Å². The van der Waals surface area contributed by atoms with Crippen LogP contribution >= 0.6 is 0 Å². The van der Waals surface area contributed by atoms with Gasteiger partial charge in [0.15, 0.2) is 0 Å². The summed E-state index contributed by atoms with van der Waals surface area (Å²) in [6.45, 7) is 0. The van der Waals surface area contributed by atoms with E-state index in [9.17, 15) is 9.59 Å². The molecule has 96 valence electrons. The zero-order valence-electron chi connectivity index (χ0n) is 10.9. The van der Waals surface area contributed by atoms with E-state index in [0.29, 0.717) is 4.48 Å². The first-order valence-corrected chi connectivity index (χ1v) is 5.61. The number of carbonyl (C=O) groups excluding carboxylic acids is 2. The molecule has 3 atom stereocenters. The molecule has 2 fully saturated rings. The SMILES string of the molecule is CN1C(=O)C2NC([N+](C)(C)C)NC2N(C)C1=O. The summed E-state index contributed by atoms with van der Waals surface area (Å²) in [6.07, 6.45) is -0.316. The van der Waals surface area contributed by atoms with E-state index in [-0.39, 0.29) is 30.4 Å². The second-order valence-electron chi connectivity index (χ2n) is 5.57. The quantitative estimate of drug-likeness (QED) is 0.543. The molecule has 2 aliphatic heterocycles. The Morgan fingerprint density at radius 1 is 1.12 bits per heavy atom. The smallest absolute Gasteiger partial charge is 0.309 e. The first-order chi connectivity index (χ1) is 7.73. The monoisotopic (exact) mass is 242 g/mol. The third-order valence-electron chi connectivity index (χ3n) is 3.36. The van der Waals surface area contributed by atoms with Crippen LogP contribution in [0.5, 0.6) is 0 Å². The fraction of sp³-hybridized carbons (Fsp3) is 0.800. The standard InChI is InChI=1S/C10H20N5O2/c1-13-7-6(8(16)14(2)10(13)17)11-9(12-7)15(3,4)5/h6-7,9,11-12H,1-5H3/q+1. The molecule has 0 aliphatic carbocycles. The molecule has 17 heavy (non-hydrogen) atoms. The van der Waals surface area contributed by atoms with Gasteiger partial charge >= 0.3 is 6.03 Å². The molecule has 2 aliphatic rings. The average Bonchev–Trinajstić information content (AvgIpc) is 2.67. The topological polar surface area (TPSA) is 64.7 Å². The lowest BCUT2D eigenvalue weighted by Gasteiger charge is -2.37. The van der Waals surface area contributed by atoms with Crippen molar-refractivity contribution in [1.29, 1.82) is 0 Å². The number of quaternary nitrogens is 1. The molecule has 0 aromatic rings. The van der Waals surface area contributed by atoms with Gasteiger partial charge < -0.3 is 9.38 Å². The summed E-state index contributed by atoms with van der Waals surface area (Å²) in [7, 11) is 9.29. The van der Waals surface area contributed by atoms with Crippen LogP contribution in [-0.4, -0.2) is 80.0 Å². The predicted molar refractivity (Wildman–Crippen MR) is 61.6 cm³/mol. The molecule has 0 bridgehead atoms. The summed E-state index contributed by atoms with van der Waals surface area (Å²) in [5, 5.41) is 6.52. The Balaban J connectivity index is 2.24. The lowest BCUT2D eigenvalue weighted by Crippen LogP contribution is -2.64. The fourth-order valence-electron chi connectivity index (χ4n) is 2.21. The van der Waals surface area contributed by atoms with Crippen molar-refractivity contribution in [1.82, 2.24) is 20.4 Å². The van der Waals surface area contributed by atoms with Gasteiger partial charge in [-0.05, 0) is 0 Å². The highest BCUT2D eigenvalue weighted by atomic mass is 16.2. The summed E-state index contributed by atoms with van der Waals surface area (Å²) >= 11 is 0. The molecule has 3 amide bonds. The second kappa shape index (κ2) is 3.66. The van der Waals surface area contributed by atoms with Crippen LogP contribution in [0.1, 0.15) is 0 Å². The highest BCUT2D eigenvalue weighted by molar-refractivity contribution is 6.00. The van der Waals surface area contributed by atoms with Crippen molar-refractivity contribution >= 4 is 11.9 Å². The molecule has 2 rings (SSSR count). The van der Waals surface area contributed by atoms with E-state index in [1.54, 1.807) is 11.9 Å². The summed E-state index contributed by atoms with van der Waals surface area (Å²) in [4.78, 5) is 26.5. The first kappa shape index (κ1) is 12.3. The highest BCUT2D eigenvalue weighted by Crippen LogP contribution is 2.20. The molecule has 7 heteroatoms. The number of likely N-dealkylation sites (N-methyl/N-ethyl adjacent to an activating group) is 2. The van der Waals surface area contributed by atoms with E-state index in [1.807, 2.05) is 21.1 Å². The van der Waals surface area contributed by atoms with E-state index < -0.39 is 0 Å². The highest BCUT2D eigenvalue weighted by Gasteiger charge is 2.51. The Kier molecular flexibility index (Phi) is 2.64. The van der Waals surface area contributed by atoms with E-state index >= 15 is 0 Å². The van der Waals surface area contributed by atoms with Crippen molar-refractivity contribution in [2.75, 3.05) is 35.2 Å². The van der Waals surface area contributed by atoms with Crippen molar-refractivity contribution in [2.45, 2.75) is 18.5 Å². The molecule has 0 spiro atoms. The Labute approximate surface area is 101 Å². The molecule has 0 aromatic carbocycles. The van der Waals surface area contributed by atoms with Gasteiger partial charge in [-0.3, -0.25) is 9.69 Å². The second-order valence-corrected chi connectivity index (χ2v) is 5.57. The van der Waals surface area contributed by atoms with Crippen LogP contribution in [0.2, 0.25) is 0 Å². The molecule has 3 unspecified atom stereocenters. The van der Waals surface area contributed by atoms with Crippen molar-refractivity contribution in [3.63, 3.8) is 0 Å². The van der Waals surface area contributed by atoms with Crippen LogP contribution < -0.4 is 10.6 Å². The fourth-order valence-corrected chi connectivity index (χ4v) is 2.21. The van der Waals surface area contributed by atoms with Crippen LogP contribution in [-0.2, 0) is 4.79 Å². The number of imide groups is 1. The Hall–Kier alpha value is -1.18. The van der Waals surface area contributed by atoms with Crippen molar-refractivity contribution < 1.29 is 14.1 Å². The Morgan fingerprint density at radius 2 is 1.71 bits per heavy atom. The van der Waals surface area contributed by atoms with E-state index in [2.05, 4.69) is 10.6 Å².